The quantitative estimate of drug-likeness (QED) is 0.342. The molecule has 1 aliphatic heterocycles. The zero-order valence-corrected chi connectivity index (χ0v) is 18.7. The molecule has 148 valence electrons. The van der Waals surface area contributed by atoms with Crippen molar-refractivity contribution in [1.82, 2.24) is 20.4 Å². The van der Waals surface area contributed by atoms with Gasteiger partial charge in [-0.3, -0.25) is 9.89 Å². The molecular weight excluding hydrogens is 441 g/mol. The SMILES string of the molecule is CCOc1ccccc1CNC(=NC)NCCN1CCN(CC)CC1.I. The van der Waals surface area contributed by atoms with Crippen molar-refractivity contribution in [3.8, 4) is 5.75 Å². The van der Waals surface area contributed by atoms with Gasteiger partial charge in [-0.2, -0.15) is 0 Å². The molecule has 1 fully saturated rings. The molecule has 0 bridgehead atoms. The molecule has 26 heavy (non-hydrogen) atoms. The number of nitrogens with one attached hydrogen (secondary N) is 2. The van der Waals surface area contributed by atoms with Crippen LogP contribution in [0.3, 0.4) is 0 Å². The second kappa shape index (κ2) is 13.2. The minimum atomic E-state index is 0. The van der Waals surface area contributed by atoms with Gasteiger partial charge in [-0.1, -0.05) is 25.1 Å². The summed E-state index contributed by atoms with van der Waals surface area (Å²) in [6.45, 7) is 13.4. The molecule has 1 aromatic rings. The summed E-state index contributed by atoms with van der Waals surface area (Å²) in [5.41, 5.74) is 1.14. The number of likely N-dealkylation sites (N-methyl/N-ethyl adjacent to an activating group) is 1. The van der Waals surface area contributed by atoms with Gasteiger partial charge in [0.1, 0.15) is 5.75 Å². The average Bonchev–Trinajstić information content (AvgIpc) is 2.66. The van der Waals surface area contributed by atoms with E-state index in [2.05, 4.69) is 38.4 Å². The molecular formula is C19H34IN5O. The maximum Gasteiger partial charge on any atom is 0.191 e. The maximum atomic E-state index is 5.67. The van der Waals surface area contributed by atoms with Gasteiger partial charge < -0.3 is 20.3 Å². The van der Waals surface area contributed by atoms with Gasteiger partial charge in [0.2, 0.25) is 0 Å². The highest BCUT2D eigenvalue weighted by atomic mass is 127. The zero-order valence-electron chi connectivity index (χ0n) is 16.3. The smallest absolute Gasteiger partial charge is 0.191 e. The molecule has 0 radical (unpaired) electrons. The van der Waals surface area contributed by atoms with E-state index in [1.165, 1.54) is 13.1 Å². The Kier molecular flexibility index (Phi) is 11.6. The number of para-hydroxylation sites is 1. The van der Waals surface area contributed by atoms with Crippen molar-refractivity contribution >= 4 is 29.9 Å². The highest BCUT2D eigenvalue weighted by Crippen LogP contribution is 2.17. The molecule has 0 unspecified atom stereocenters. The summed E-state index contributed by atoms with van der Waals surface area (Å²) in [5.74, 6) is 1.76. The van der Waals surface area contributed by atoms with Crippen LogP contribution < -0.4 is 15.4 Å². The number of halogens is 1. The molecule has 0 aliphatic carbocycles. The minimum Gasteiger partial charge on any atom is -0.494 e. The Morgan fingerprint density at radius 1 is 1.08 bits per heavy atom. The summed E-state index contributed by atoms with van der Waals surface area (Å²) in [6.07, 6.45) is 0. The van der Waals surface area contributed by atoms with Crippen LogP contribution in [0.25, 0.3) is 0 Å². The molecule has 2 N–H and O–H groups in total. The van der Waals surface area contributed by atoms with E-state index >= 15 is 0 Å². The third kappa shape index (κ3) is 7.67. The summed E-state index contributed by atoms with van der Waals surface area (Å²) < 4.78 is 5.67. The van der Waals surface area contributed by atoms with E-state index in [1.807, 2.05) is 32.2 Å². The Bertz CT molecular complexity index is 532. The molecule has 1 aliphatic rings. The van der Waals surface area contributed by atoms with Gasteiger partial charge in [-0.25, -0.2) is 0 Å². The highest BCUT2D eigenvalue weighted by Gasteiger charge is 2.14. The summed E-state index contributed by atoms with van der Waals surface area (Å²) in [5, 5.41) is 6.78. The fraction of sp³-hybridized carbons (Fsp3) is 0.632. The molecule has 7 heteroatoms. The molecule has 0 amide bonds. The first kappa shape index (κ1) is 23.0. The van der Waals surface area contributed by atoms with E-state index in [4.69, 9.17) is 4.74 Å². The first-order valence-corrected chi connectivity index (χ1v) is 9.36. The normalized spacial score (nSPS) is 16.0. The lowest BCUT2D eigenvalue weighted by atomic mass is 10.2. The van der Waals surface area contributed by atoms with Crippen LogP contribution in [0.5, 0.6) is 5.75 Å². The van der Waals surface area contributed by atoms with Crippen LogP contribution in [0.4, 0.5) is 0 Å². The molecule has 0 atom stereocenters. The summed E-state index contributed by atoms with van der Waals surface area (Å²) in [7, 11) is 1.81. The van der Waals surface area contributed by atoms with Gasteiger partial charge in [-0.05, 0) is 19.5 Å². The van der Waals surface area contributed by atoms with Crippen molar-refractivity contribution in [2.24, 2.45) is 4.99 Å². The van der Waals surface area contributed by atoms with Crippen LogP contribution in [0.1, 0.15) is 19.4 Å². The number of hydrogen-bond donors (Lipinski definition) is 2. The first-order chi connectivity index (χ1) is 12.3. The van der Waals surface area contributed by atoms with Gasteiger partial charge in [0.15, 0.2) is 5.96 Å². The van der Waals surface area contributed by atoms with E-state index in [0.29, 0.717) is 13.2 Å². The Morgan fingerprint density at radius 3 is 2.42 bits per heavy atom. The summed E-state index contributed by atoms with van der Waals surface area (Å²) in [4.78, 5) is 9.32. The average molecular weight is 475 g/mol. The Balaban J connectivity index is 0.00000338. The molecule has 6 nitrogen and oxygen atoms in total. The van der Waals surface area contributed by atoms with Crippen molar-refractivity contribution in [3.63, 3.8) is 0 Å². The van der Waals surface area contributed by atoms with Crippen molar-refractivity contribution in [3.05, 3.63) is 29.8 Å². The fourth-order valence-electron chi connectivity index (χ4n) is 3.01. The number of guanidine groups is 1. The maximum absolute atomic E-state index is 5.67. The molecule has 1 heterocycles. The topological polar surface area (TPSA) is 52.1 Å². The second-order valence-corrected chi connectivity index (χ2v) is 6.17. The van der Waals surface area contributed by atoms with Crippen LogP contribution in [-0.2, 0) is 6.54 Å². The monoisotopic (exact) mass is 475 g/mol. The van der Waals surface area contributed by atoms with Crippen molar-refractivity contribution in [2.75, 3.05) is 59.5 Å². The fourth-order valence-corrected chi connectivity index (χ4v) is 3.01. The Hall–Kier alpha value is -1.06. The van der Waals surface area contributed by atoms with E-state index in [1.54, 1.807) is 0 Å². The molecule has 1 aromatic carbocycles. The van der Waals surface area contributed by atoms with Crippen molar-refractivity contribution in [1.29, 1.82) is 0 Å². The third-order valence-corrected chi connectivity index (χ3v) is 4.57. The zero-order chi connectivity index (χ0) is 17.9. The first-order valence-electron chi connectivity index (χ1n) is 9.36. The minimum absolute atomic E-state index is 0. The van der Waals surface area contributed by atoms with Crippen LogP contribution in [0.15, 0.2) is 29.3 Å². The van der Waals surface area contributed by atoms with Crippen LogP contribution in [0, 0.1) is 0 Å². The van der Waals surface area contributed by atoms with Crippen molar-refractivity contribution < 1.29 is 4.74 Å². The Morgan fingerprint density at radius 2 is 1.77 bits per heavy atom. The molecule has 0 saturated carbocycles. The number of nitrogens with zero attached hydrogens (tertiary/aromatic N) is 3. The summed E-state index contributed by atoms with van der Waals surface area (Å²) in [6, 6.07) is 8.12. The number of hydrogen-bond acceptors (Lipinski definition) is 4. The van der Waals surface area contributed by atoms with E-state index in [9.17, 15) is 0 Å². The van der Waals surface area contributed by atoms with Crippen LogP contribution in [0.2, 0.25) is 0 Å². The molecule has 0 spiro atoms. The van der Waals surface area contributed by atoms with Gasteiger partial charge in [-0.15, -0.1) is 24.0 Å². The predicted molar refractivity (Wildman–Crippen MR) is 120 cm³/mol. The van der Waals surface area contributed by atoms with Gasteiger partial charge in [0.05, 0.1) is 6.61 Å². The van der Waals surface area contributed by atoms with Crippen molar-refractivity contribution in [2.45, 2.75) is 20.4 Å². The lowest BCUT2D eigenvalue weighted by Gasteiger charge is -2.34. The number of rotatable bonds is 8. The van der Waals surface area contributed by atoms with Gasteiger partial charge in [0, 0.05) is 58.4 Å². The third-order valence-electron chi connectivity index (χ3n) is 4.57. The second-order valence-electron chi connectivity index (χ2n) is 6.17. The predicted octanol–water partition coefficient (Wildman–Crippen LogP) is 2.01. The van der Waals surface area contributed by atoms with Crippen LogP contribution in [-0.4, -0.2) is 75.2 Å². The molecule has 1 saturated heterocycles. The highest BCUT2D eigenvalue weighted by molar-refractivity contribution is 14.0. The lowest BCUT2D eigenvalue weighted by Crippen LogP contribution is -2.49. The standard InChI is InChI=1S/C19H33N5O.HI/c1-4-23-12-14-24(15-13-23)11-10-21-19(20-3)22-16-17-8-6-7-9-18(17)25-5-2;/h6-9H,4-5,10-16H2,1-3H3,(H2,20,21,22);1H. The Labute approximate surface area is 175 Å². The van der Waals surface area contributed by atoms with E-state index in [-0.39, 0.29) is 24.0 Å². The number of ether oxygens (including phenoxy) is 1. The number of benzene rings is 1. The largest absolute Gasteiger partial charge is 0.494 e. The number of piperazine rings is 1. The van der Waals surface area contributed by atoms with Gasteiger partial charge in [0.25, 0.3) is 0 Å². The molecule has 2 rings (SSSR count). The van der Waals surface area contributed by atoms with Gasteiger partial charge >= 0.3 is 0 Å². The molecule has 0 aromatic heterocycles. The summed E-state index contributed by atoms with van der Waals surface area (Å²) >= 11 is 0. The number of aliphatic imine (C=N–C) groups is 1. The van der Waals surface area contributed by atoms with Crippen LogP contribution >= 0.6 is 24.0 Å². The van der Waals surface area contributed by atoms with E-state index in [0.717, 1.165) is 50.0 Å². The van der Waals surface area contributed by atoms with E-state index < -0.39 is 0 Å². The lowest BCUT2D eigenvalue weighted by molar-refractivity contribution is 0.139.